The highest BCUT2D eigenvalue weighted by molar-refractivity contribution is 6.03. The summed E-state index contributed by atoms with van der Waals surface area (Å²) in [5, 5.41) is 29.3. The quantitative estimate of drug-likeness (QED) is 0.462. The van der Waals surface area contributed by atoms with Crippen LogP contribution in [0.2, 0.25) is 0 Å². The highest BCUT2D eigenvalue weighted by Gasteiger charge is 2.21. The summed E-state index contributed by atoms with van der Waals surface area (Å²) in [5.74, 6) is -2.09. The Labute approximate surface area is 117 Å². The number of phenols is 2. The van der Waals surface area contributed by atoms with Crippen LogP contribution in [0.15, 0.2) is 33.7 Å². The van der Waals surface area contributed by atoms with Crippen molar-refractivity contribution in [3.8, 4) is 23.0 Å². The minimum atomic E-state index is -1.28. The summed E-state index contributed by atoms with van der Waals surface area (Å²) in [6.07, 6.45) is 0. The van der Waals surface area contributed by atoms with Crippen molar-refractivity contribution in [3.63, 3.8) is 0 Å². The number of carbonyl (C=O) groups is 1. The molecule has 0 spiro atoms. The Hall–Kier alpha value is -3.09. The van der Waals surface area contributed by atoms with E-state index in [2.05, 4.69) is 9.98 Å². The van der Waals surface area contributed by atoms with Gasteiger partial charge in [-0.1, -0.05) is 0 Å². The van der Waals surface area contributed by atoms with Crippen LogP contribution >= 0.6 is 0 Å². The van der Waals surface area contributed by atoms with E-state index in [4.69, 9.17) is 9.52 Å². The predicted octanol–water partition coefficient (Wildman–Crippen LogP) is 1.57. The topological polar surface area (TPSA) is 116 Å². The molecule has 0 radical (unpaired) electrons. The SMILES string of the molecule is C/N=c1/ccc2nc3c(C(=O)O)cc(O)c(O)c3oc-2c1. The normalized spacial score (nSPS) is 12.1. The van der Waals surface area contributed by atoms with Crippen molar-refractivity contribution in [1.29, 1.82) is 0 Å². The second-order valence-electron chi connectivity index (χ2n) is 4.36. The Morgan fingerprint density at radius 1 is 1.29 bits per heavy atom. The molecule has 1 aromatic carbocycles. The summed E-state index contributed by atoms with van der Waals surface area (Å²) in [6.45, 7) is 0. The van der Waals surface area contributed by atoms with Crippen molar-refractivity contribution < 1.29 is 24.5 Å². The fourth-order valence-electron chi connectivity index (χ4n) is 2.04. The Kier molecular flexibility index (Phi) is 2.76. The number of carboxylic acids is 1. The molecular formula is C14H10N2O5. The molecule has 0 fully saturated rings. The van der Waals surface area contributed by atoms with Gasteiger partial charge in [-0.05, 0) is 12.1 Å². The van der Waals surface area contributed by atoms with Crippen molar-refractivity contribution in [1.82, 2.24) is 4.98 Å². The van der Waals surface area contributed by atoms with Gasteiger partial charge in [0.15, 0.2) is 17.1 Å². The number of hydrogen-bond acceptors (Lipinski definition) is 6. The zero-order chi connectivity index (χ0) is 15.1. The van der Waals surface area contributed by atoms with Crippen molar-refractivity contribution in [2.75, 3.05) is 7.05 Å². The molecule has 7 heteroatoms. The van der Waals surface area contributed by atoms with E-state index in [1.807, 2.05) is 0 Å². The molecule has 3 N–H and O–H groups in total. The van der Waals surface area contributed by atoms with Gasteiger partial charge in [0.25, 0.3) is 0 Å². The van der Waals surface area contributed by atoms with Crippen LogP contribution in [0.5, 0.6) is 11.5 Å². The summed E-state index contributed by atoms with van der Waals surface area (Å²) in [5.41, 5.74) is -0.0580. The maximum absolute atomic E-state index is 11.2. The van der Waals surface area contributed by atoms with Crippen LogP contribution in [-0.2, 0) is 0 Å². The summed E-state index contributed by atoms with van der Waals surface area (Å²) in [4.78, 5) is 19.4. The first-order chi connectivity index (χ1) is 10.0. The molecule has 21 heavy (non-hydrogen) atoms. The predicted molar refractivity (Wildman–Crippen MR) is 72.4 cm³/mol. The average molecular weight is 286 g/mol. The monoisotopic (exact) mass is 286 g/mol. The first kappa shape index (κ1) is 12.9. The smallest absolute Gasteiger partial charge is 0.338 e. The zero-order valence-corrected chi connectivity index (χ0v) is 10.9. The maximum atomic E-state index is 11.2. The van der Waals surface area contributed by atoms with Gasteiger partial charge in [-0.3, -0.25) is 4.99 Å². The lowest BCUT2D eigenvalue weighted by Crippen LogP contribution is -2.04. The van der Waals surface area contributed by atoms with Gasteiger partial charge in [-0.25, -0.2) is 9.78 Å². The summed E-state index contributed by atoms with van der Waals surface area (Å²) in [6, 6.07) is 5.88. The lowest BCUT2D eigenvalue weighted by molar-refractivity contribution is 0.0698. The third-order valence-corrected chi connectivity index (χ3v) is 3.09. The van der Waals surface area contributed by atoms with Crippen LogP contribution in [0.25, 0.3) is 22.6 Å². The fraction of sp³-hybridized carbons (Fsp3) is 0.0714. The number of carboxylic acid groups (broad SMARTS) is 1. The van der Waals surface area contributed by atoms with Gasteiger partial charge < -0.3 is 19.7 Å². The van der Waals surface area contributed by atoms with Crippen LogP contribution in [0.3, 0.4) is 0 Å². The van der Waals surface area contributed by atoms with E-state index in [0.717, 1.165) is 6.07 Å². The first-order valence-corrected chi connectivity index (χ1v) is 5.97. The second kappa shape index (κ2) is 4.48. The minimum Gasteiger partial charge on any atom is -0.504 e. The minimum absolute atomic E-state index is 0.0357. The molecule has 0 unspecified atom stereocenters. The number of aromatic nitrogens is 1. The molecule has 1 aliphatic carbocycles. The van der Waals surface area contributed by atoms with Gasteiger partial charge in [0, 0.05) is 19.2 Å². The van der Waals surface area contributed by atoms with Crippen LogP contribution in [0.1, 0.15) is 10.4 Å². The lowest BCUT2D eigenvalue weighted by atomic mass is 10.1. The maximum Gasteiger partial charge on any atom is 0.338 e. The largest absolute Gasteiger partial charge is 0.504 e. The third kappa shape index (κ3) is 1.95. The van der Waals surface area contributed by atoms with E-state index in [1.165, 1.54) is 0 Å². The van der Waals surface area contributed by atoms with Gasteiger partial charge in [0.1, 0.15) is 11.2 Å². The summed E-state index contributed by atoms with van der Waals surface area (Å²) >= 11 is 0. The van der Waals surface area contributed by atoms with Crippen molar-refractivity contribution in [3.05, 3.63) is 35.2 Å². The number of hydrogen-bond donors (Lipinski definition) is 3. The van der Waals surface area contributed by atoms with Gasteiger partial charge >= 0.3 is 5.97 Å². The fourth-order valence-corrected chi connectivity index (χ4v) is 2.04. The molecule has 1 aliphatic heterocycles. The number of phenolic OH excluding ortho intramolecular Hbond substituents is 2. The standard InChI is InChI=1S/C14H10N2O5/c1-15-6-2-3-8-10(4-6)21-13-11(16-8)7(14(19)20)5-9(17)12(13)18/h2-5,17-18H,1H3,(H,19,20)/b15-6-. The molecule has 1 heterocycles. The van der Waals surface area contributed by atoms with E-state index in [1.54, 1.807) is 25.2 Å². The second-order valence-corrected chi connectivity index (χ2v) is 4.36. The highest BCUT2D eigenvalue weighted by Crippen LogP contribution is 2.37. The molecule has 0 saturated carbocycles. The van der Waals surface area contributed by atoms with Crippen LogP contribution in [0.4, 0.5) is 0 Å². The molecule has 7 nitrogen and oxygen atoms in total. The first-order valence-electron chi connectivity index (χ1n) is 5.97. The summed E-state index contributed by atoms with van der Waals surface area (Å²) < 4.78 is 5.50. The molecule has 0 bridgehead atoms. The number of aromatic carboxylic acids is 1. The Morgan fingerprint density at radius 3 is 2.71 bits per heavy atom. The van der Waals surface area contributed by atoms with E-state index >= 15 is 0 Å². The number of nitrogens with zero attached hydrogens (tertiary/aromatic N) is 2. The molecule has 1 aromatic rings. The summed E-state index contributed by atoms with van der Waals surface area (Å²) in [7, 11) is 1.61. The molecule has 2 aliphatic rings. The van der Waals surface area contributed by atoms with Crippen molar-refractivity contribution >= 4 is 17.1 Å². The highest BCUT2D eigenvalue weighted by atomic mass is 16.4. The zero-order valence-electron chi connectivity index (χ0n) is 10.9. The molecule has 0 saturated heterocycles. The number of aromatic hydroxyl groups is 2. The van der Waals surface area contributed by atoms with E-state index in [9.17, 15) is 15.0 Å². The molecule has 0 aromatic heterocycles. The van der Waals surface area contributed by atoms with Crippen molar-refractivity contribution in [2.45, 2.75) is 0 Å². The van der Waals surface area contributed by atoms with E-state index in [0.29, 0.717) is 16.8 Å². The van der Waals surface area contributed by atoms with Gasteiger partial charge in [0.05, 0.1) is 10.9 Å². The van der Waals surface area contributed by atoms with Gasteiger partial charge in [-0.2, -0.15) is 0 Å². The van der Waals surface area contributed by atoms with E-state index < -0.39 is 17.5 Å². The number of fused-ring (bicyclic) bond motifs is 2. The number of benzene rings is 2. The Morgan fingerprint density at radius 2 is 2.05 bits per heavy atom. The van der Waals surface area contributed by atoms with Gasteiger partial charge in [0.2, 0.25) is 5.75 Å². The van der Waals surface area contributed by atoms with Crippen LogP contribution in [0, 0.1) is 0 Å². The molecule has 0 amide bonds. The van der Waals surface area contributed by atoms with Crippen LogP contribution in [-0.4, -0.2) is 33.3 Å². The molecular weight excluding hydrogens is 276 g/mol. The van der Waals surface area contributed by atoms with Crippen LogP contribution < -0.4 is 5.36 Å². The lowest BCUT2D eigenvalue weighted by Gasteiger charge is -2.10. The van der Waals surface area contributed by atoms with E-state index in [-0.39, 0.29) is 16.7 Å². The Balaban J connectivity index is 2.51. The molecule has 106 valence electrons. The van der Waals surface area contributed by atoms with Crippen molar-refractivity contribution in [2.24, 2.45) is 4.99 Å². The average Bonchev–Trinajstić information content (AvgIpc) is 2.48. The van der Waals surface area contributed by atoms with Gasteiger partial charge in [-0.15, -0.1) is 0 Å². The Bertz CT molecular complexity index is 913. The third-order valence-electron chi connectivity index (χ3n) is 3.09. The molecule has 3 rings (SSSR count). The number of rotatable bonds is 1. The molecule has 0 atom stereocenters.